The molecule has 0 bridgehead atoms. The van der Waals surface area contributed by atoms with Crippen molar-refractivity contribution in [1.82, 2.24) is 0 Å². The van der Waals surface area contributed by atoms with Crippen LogP contribution in [-0.4, -0.2) is 0 Å². The minimum absolute atomic E-state index is 1.11. The van der Waals surface area contributed by atoms with E-state index < -0.39 is 0 Å². The van der Waals surface area contributed by atoms with Crippen molar-refractivity contribution in [2.75, 3.05) is 0 Å². The lowest BCUT2D eigenvalue weighted by Gasteiger charge is -2.55. The molecule has 0 aromatic heterocycles. The summed E-state index contributed by atoms with van der Waals surface area (Å²) in [4.78, 5) is 0. The van der Waals surface area contributed by atoms with E-state index in [1.807, 2.05) is 0 Å². The van der Waals surface area contributed by atoms with Crippen molar-refractivity contribution in [3.63, 3.8) is 0 Å². The molecule has 4 atom stereocenters. The Balaban J connectivity index is 1.45. The molecule has 5 rings (SSSR count). The van der Waals surface area contributed by atoms with Crippen LogP contribution in [0.3, 0.4) is 0 Å². The van der Waals surface area contributed by atoms with Crippen molar-refractivity contribution in [1.29, 1.82) is 0 Å². The lowest BCUT2D eigenvalue weighted by molar-refractivity contribution is -0.0649. The van der Waals surface area contributed by atoms with E-state index >= 15 is 0 Å². The molecule has 0 unspecified atom stereocenters. The van der Waals surface area contributed by atoms with Gasteiger partial charge in [0.25, 0.3) is 0 Å². The Kier molecular flexibility index (Phi) is 7.82. The fourth-order valence-electron chi connectivity index (χ4n) is 9.93. The third-order valence-electron chi connectivity index (χ3n) is 11.2. The molecule has 0 nitrogen and oxygen atoms in total. The number of hydrogen-bond donors (Lipinski definition) is 0. The first-order chi connectivity index (χ1) is 14.9. The Bertz CT molecular complexity index is 438. The van der Waals surface area contributed by atoms with E-state index in [1.165, 1.54) is 25.7 Å². The highest BCUT2D eigenvalue weighted by atomic mass is 14.5. The molecule has 5 saturated carbocycles. The molecule has 5 aliphatic rings. The zero-order chi connectivity index (χ0) is 20.2. The van der Waals surface area contributed by atoms with Crippen LogP contribution in [0.4, 0.5) is 0 Å². The topological polar surface area (TPSA) is 0 Å². The fraction of sp³-hybridized carbons (Fsp3) is 1.00. The lowest BCUT2D eigenvalue weighted by atomic mass is 9.50. The van der Waals surface area contributed by atoms with Gasteiger partial charge in [-0.3, -0.25) is 0 Å². The third kappa shape index (κ3) is 4.83. The van der Waals surface area contributed by atoms with Crippen molar-refractivity contribution in [3.05, 3.63) is 0 Å². The van der Waals surface area contributed by atoms with Gasteiger partial charge in [-0.15, -0.1) is 0 Å². The summed E-state index contributed by atoms with van der Waals surface area (Å²) in [5.74, 6) is 8.98. The summed E-state index contributed by atoms with van der Waals surface area (Å²) in [6.07, 6.45) is 34.7. The van der Waals surface area contributed by atoms with Gasteiger partial charge in [0.15, 0.2) is 0 Å². The summed E-state index contributed by atoms with van der Waals surface area (Å²) in [6.45, 7) is 0. The Morgan fingerprint density at radius 3 is 0.800 bits per heavy atom. The van der Waals surface area contributed by atoms with Gasteiger partial charge in [0.2, 0.25) is 0 Å². The third-order valence-corrected chi connectivity index (χ3v) is 11.2. The normalized spacial score (nSPS) is 39.2. The number of rotatable bonds is 4. The number of hydrogen-bond acceptors (Lipinski definition) is 0. The summed E-state index contributed by atoms with van der Waals surface area (Å²) in [6, 6.07) is 0. The van der Waals surface area contributed by atoms with Gasteiger partial charge in [0, 0.05) is 0 Å². The summed E-state index contributed by atoms with van der Waals surface area (Å²) in [5.41, 5.74) is 0. The highest BCUT2D eigenvalue weighted by Crippen LogP contribution is 2.58. The minimum atomic E-state index is 1.11. The van der Waals surface area contributed by atoms with Crippen LogP contribution in [0, 0.1) is 47.3 Å². The maximum absolute atomic E-state index is 1.64. The van der Waals surface area contributed by atoms with Crippen LogP contribution in [0.2, 0.25) is 0 Å². The molecule has 0 N–H and O–H groups in total. The molecule has 5 fully saturated rings. The quantitative estimate of drug-likeness (QED) is 0.431. The molecule has 0 saturated heterocycles. The SMILES string of the molecule is C1CCC([C@@H]2[C@H](C3CCCCC3)[C@@H](C3CCCCC3)CC[C@@H]2C2CCCCC2)CC1. The first-order valence-electron chi connectivity index (χ1n) is 14.9. The zero-order valence-corrected chi connectivity index (χ0v) is 20.2. The molecule has 0 amide bonds. The lowest BCUT2D eigenvalue weighted by Crippen LogP contribution is -2.48. The highest BCUT2D eigenvalue weighted by Gasteiger charge is 2.50. The summed E-state index contributed by atoms with van der Waals surface area (Å²) in [7, 11) is 0. The van der Waals surface area contributed by atoms with E-state index in [0.29, 0.717) is 0 Å². The van der Waals surface area contributed by atoms with Crippen LogP contribution in [0.5, 0.6) is 0 Å². The molecule has 30 heavy (non-hydrogen) atoms. The predicted octanol–water partition coefficient (Wildman–Crippen LogP) is 9.57. The van der Waals surface area contributed by atoms with E-state index in [1.54, 1.807) is 116 Å². The Morgan fingerprint density at radius 1 is 0.233 bits per heavy atom. The maximum Gasteiger partial charge on any atom is -0.0321 e. The van der Waals surface area contributed by atoms with Crippen LogP contribution < -0.4 is 0 Å². The van der Waals surface area contributed by atoms with Crippen molar-refractivity contribution < 1.29 is 0 Å². The first-order valence-corrected chi connectivity index (χ1v) is 14.9. The molecule has 0 heterocycles. The van der Waals surface area contributed by atoms with Crippen molar-refractivity contribution in [3.8, 4) is 0 Å². The molecule has 0 heteroatoms. The fourth-order valence-corrected chi connectivity index (χ4v) is 9.93. The molecule has 172 valence electrons. The maximum atomic E-state index is 1.64. The van der Waals surface area contributed by atoms with Crippen molar-refractivity contribution >= 4 is 0 Å². The van der Waals surface area contributed by atoms with Crippen LogP contribution in [0.15, 0.2) is 0 Å². The van der Waals surface area contributed by atoms with Crippen LogP contribution in [0.1, 0.15) is 141 Å². The smallest absolute Gasteiger partial charge is 0.0321 e. The average Bonchev–Trinajstić information content (AvgIpc) is 2.85. The van der Waals surface area contributed by atoms with E-state index in [2.05, 4.69) is 0 Å². The van der Waals surface area contributed by atoms with E-state index in [0.717, 1.165) is 47.3 Å². The van der Waals surface area contributed by atoms with Crippen molar-refractivity contribution in [2.45, 2.75) is 141 Å². The van der Waals surface area contributed by atoms with E-state index in [4.69, 9.17) is 0 Å². The van der Waals surface area contributed by atoms with Gasteiger partial charge in [0.1, 0.15) is 0 Å². The molecule has 0 spiro atoms. The molecule has 5 aliphatic carbocycles. The predicted molar refractivity (Wildman–Crippen MR) is 129 cm³/mol. The Morgan fingerprint density at radius 2 is 0.500 bits per heavy atom. The van der Waals surface area contributed by atoms with Gasteiger partial charge in [-0.25, -0.2) is 0 Å². The van der Waals surface area contributed by atoms with Gasteiger partial charge < -0.3 is 0 Å². The molecular weight excluding hydrogens is 360 g/mol. The first kappa shape index (κ1) is 21.8. The van der Waals surface area contributed by atoms with Gasteiger partial charge in [0.05, 0.1) is 0 Å². The van der Waals surface area contributed by atoms with Crippen LogP contribution >= 0.6 is 0 Å². The molecule has 0 radical (unpaired) electrons. The van der Waals surface area contributed by atoms with Crippen molar-refractivity contribution in [2.24, 2.45) is 47.3 Å². The standard InChI is InChI=1S/C30H52/c1-5-13-23(14-6-1)27-21-22-28(24-15-7-2-8-16-24)30(26-19-11-4-12-20-26)29(27)25-17-9-3-10-18-25/h23-30H,1-22H2/t27-,28-,29-,30+/m1/s1. The second-order valence-electron chi connectivity index (χ2n) is 12.7. The molecule has 0 aromatic carbocycles. The highest BCUT2D eigenvalue weighted by molar-refractivity contribution is 4.99. The summed E-state index contributed by atoms with van der Waals surface area (Å²) >= 11 is 0. The Labute approximate surface area is 188 Å². The zero-order valence-electron chi connectivity index (χ0n) is 20.2. The van der Waals surface area contributed by atoms with Gasteiger partial charge >= 0.3 is 0 Å². The summed E-state index contributed by atoms with van der Waals surface area (Å²) in [5, 5.41) is 0. The second-order valence-corrected chi connectivity index (χ2v) is 12.7. The minimum Gasteiger partial charge on any atom is -0.0533 e. The van der Waals surface area contributed by atoms with E-state index in [9.17, 15) is 0 Å². The summed E-state index contributed by atoms with van der Waals surface area (Å²) < 4.78 is 0. The largest absolute Gasteiger partial charge is 0.0533 e. The average molecular weight is 413 g/mol. The van der Waals surface area contributed by atoms with Crippen LogP contribution in [0.25, 0.3) is 0 Å². The van der Waals surface area contributed by atoms with Crippen LogP contribution in [-0.2, 0) is 0 Å². The van der Waals surface area contributed by atoms with Gasteiger partial charge in [-0.2, -0.15) is 0 Å². The molecular formula is C30H52. The Hall–Kier alpha value is 0. The monoisotopic (exact) mass is 412 g/mol. The van der Waals surface area contributed by atoms with E-state index in [-0.39, 0.29) is 0 Å². The molecule has 0 aliphatic heterocycles. The second kappa shape index (κ2) is 10.7. The van der Waals surface area contributed by atoms with Gasteiger partial charge in [-0.1, -0.05) is 128 Å². The molecule has 0 aromatic rings. The van der Waals surface area contributed by atoms with Gasteiger partial charge in [-0.05, 0) is 60.2 Å².